The minimum atomic E-state index is -0.644. The molecule has 0 radical (unpaired) electrons. The Labute approximate surface area is 103 Å². The minimum absolute atomic E-state index is 0.104. The van der Waals surface area contributed by atoms with E-state index in [0.29, 0.717) is 0 Å². The molecule has 94 valence electrons. The molecule has 1 rings (SSSR count). The highest BCUT2D eigenvalue weighted by Crippen LogP contribution is 2.25. The maximum Gasteiger partial charge on any atom is 0.339 e. The highest BCUT2D eigenvalue weighted by atomic mass is 16.6. The second kappa shape index (κ2) is 5.32. The first-order valence-corrected chi connectivity index (χ1v) is 5.61. The van der Waals surface area contributed by atoms with Gasteiger partial charge in [0.05, 0.1) is 7.11 Å². The Morgan fingerprint density at radius 3 is 2.00 bits per heavy atom. The molecule has 0 heterocycles. The van der Waals surface area contributed by atoms with Crippen molar-refractivity contribution in [2.24, 2.45) is 0 Å². The molecule has 1 aromatic carbocycles. The van der Waals surface area contributed by atoms with Crippen molar-refractivity contribution in [3.63, 3.8) is 0 Å². The van der Waals surface area contributed by atoms with Crippen LogP contribution in [-0.4, -0.2) is 20.2 Å². The molecular weight excluding hydrogens is 216 g/mol. The number of benzene rings is 1. The van der Waals surface area contributed by atoms with Crippen molar-refractivity contribution in [3.8, 4) is 0 Å². The Balaban J connectivity index is 2.97. The fourth-order valence-corrected chi connectivity index (χ4v) is 1.63. The van der Waals surface area contributed by atoms with Crippen molar-refractivity contribution in [2.45, 2.75) is 32.3 Å². The summed E-state index contributed by atoms with van der Waals surface area (Å²) in [5.41, 5.74) is 2.14. The summed E-state index contributed by atoms with van der Waals surface area (Å²) in [7, 11) is 2.86. The van der Waals surface area contributed by atoms with Gasteiger partial charge in [-0.15, -0.1) is 0 Å². The summed E-state index contributed by atoms with van der Waals surface area (Å²) in [6, 6.07) is 7.85. The van der Waals surface area contributed by atoms with Crippen LogP contribution in [0.2, 0.25) is 0 Å². The van der Waals surface area contributed by atoms with Crippen LogP contribution < -0.4 is 0 Å². The second-order valence-electron chi connectivity index (χ2n) is 5.01. The number of esters is 1. The third-order valence-electron chi connectivity index (χ3n) is 2.73. The molecule has 3 heteroatoms. The number of ether oxygens (including phenoxy) is 2. The monoisotopic (exact) mass is 236 g/mol. The molecule has 1 unspecified atom stereocenters. The van der Waals surface area contributed by atoms with Gasteiger partial charge in [-0.25, -0.2) is 4.79 Å². The lowest BCUT2D eigenvalue weighted by Crippen LogP contribution is -2.17. The molecule has 0 N–H and O–H groups in total. The van der Waals surface area contributed by atoms with Gasteiger partial charge in [-0.1, -0.05) is 45.0 Å². The average Bonchev–Trinajstić information content (AvgIpc) is 2.29. The van der Waals surface area contributed by atoms with E-state index in [1.807, 2.05) is 24.3 Å². The Bertz CT molecular complexity index is 373. The van der Waals surface area contributed by atoms with Crippen LogP contribution in [-0.2, 0) is 19.7 Å². The van der Waals surface area contributed by atoms with Crippen molar-refractivity contribution in [1.29, 1.82) is 0 Å². The second-order valence-corrected chi connectivity index (χ2v) is 5.01. The van der Waals surface area contributed by atoms with E-state index in [9.17, 15) is 4.79 Å². The Hall–Kier alpha value is -1.35. The topological polar surface area (TPSA) is 35.5 Å². The molecule has 0 aliphatic rings. The molecule has 17 heavy (non-hydrogen) atoms. The molecule has 0 fully saturated rings. The van der Waals surface area contributed by atoms with Crippen molar-refractivity contribution < 1.29 is 14.3 Å². The van der Waals surface area contributed by atoms with E-state index in [-0.39, 0.29) is 11.4 Å². The largest absolute Gasteiger partial charge is 0.467 e. The summed E-state index contributed by atoms with van der Waals surface area (Å²) in [5.74, 6) is -0.379. The van der Waals surface area contributed by atoms with Crippen molar-refractivity contribution in [3.05, 3.63) is 35.4 Å². The van der Waals surface area contributed by atoms with Crippen LogP contribution in [0.5, 0.6) is 0 Å². The number of hydrogen-bond acceptors (Lipinski definition) is 3. The smallest absolute Gasteiger partial charge is 0.339 e. The summed E-state index contributed by atoms with van der Waals surface area (Å²) < 4.78 is 9.83. The van der Waals surface area contributed by atoms with Gasteiger partial charge in [0.25, 0.3) is 0 Å². The molecule has 0 aliphatic heterocycles. The van der Waals surface area contributed by atoms with E-state index in [0.717, 1.165) is 5.56 Å². The Morgan fingerprint density at radius 2 is 1.65 bits per heavy atom. The Morgan fingerprint density at radius 1 is 1.12 bits per heavy atom. The lowest BCUT2D eigenvalue weighted by Gasteiger charge is -2.20. The van der Waals surface area contributed by atoms with Gasteiger partial charge in [-0.05, 0) is 16.5 Å². The third kappa shape index (κ3) is 3.30. The molecular formula is C14H20O3. The van der Waals surface area contributed by atoms with Crippen molar-refractivity contribution in [1.82, 2.24) is 0 Å². The van der Waals surface area contributed by atoms with Crippen LogP contribution >= 0.6 is 0 Å². The zero-order valence-electron chi connectivity index (χ0n) is 11.1. The van der Waals surface area contributed by atoms with Crippen molar-refractivity contribution in [2.75, 3.05) is 14.2 Å². The van der Waals surface area contributed by atoms with E-state index < -0.39 is 6.10 Å². The highest BCUT2D eigenvalue weighted by Gasteiger charge is 2.21. The predicted octanol–water partition coefficient (Wildman–Crippen LogP) is 2.84. The molecule has 0 aliphatic carbocycles. The number of rotatable bonds is 3. The molecule has 0 bridgehead atoms. The van der Waals surface area contributed by atoms with Gasteiger partial charge in [-0.3, -0.25) is 0 Å². The standard InChI is InChI=1S/C14H20O3/c1-14(2,3)11-8-6-10(7-9-11)12(16-4)13(15)17-5/h6-9,12H,1-5H3. The fourth-order valence-electron chi connectivity index (χ4n) is 1.63. The lowest BCUT2D eigenvalue weighted by atomic mass is 9.86. The molecule has 0 aromatic heterocycles. The third-order valence-corrected chi connectivity index (χ3v) is 2.73. The van der Waals surface area contributed by atoms with E-state index in [1.54, 1.807) is 0 Å². The SMILES string of the molecule is COC(=O)C(OC)c1ccc(C(C)(C)C)cc1. The number of methoxy groups -OCH3 is 2. The van der Waals surface area contributed by atoms with Gasteiger partial charge < -0.3 is 9.47 Å². The Kier molecular flexibility index (Phi) is 4.29. The van der Waals surface area contributed by atoms with Gasteiger partial charge in [-0.2, -0.15) is 0 Å². The first-order valence-electron chi connectivity index (χ1n) is 5.61. The van der Waals surface area contributed by atoms with E-state index >= 15 is 0 Å². The number of carbonyl (C=O) groups excluding carboxylic acids is 1. The zero-order chi connectivity index (χ0) is 13.1. The average molecular weight is 236 g/mol. The molecule has 0 saturated heterocycles. The van der Waals surface area contributed by atoms with E-state index in [4.69, 9.17) is 9.47 Å². The normalized spacial score (nSPS) is 13.2. The predicted molar refractivity (Wildman–Crippen MR) is 66.9 cm³/mol. The first kappa shape index (κ1) is 13.7. The van der Waals surface area contributed by atoms with Crippen LogP contribution in [0.15, 0.2) is 24.3 Å². The summed E-state index contributed by atoms with van der Waals surface area (Å²) in [4.78, 5) is 11.5. The molecule has 0 saturated carbocycles. The fraction of sp³-hybridized carbons (Fsp3) is 0.500. The van der Waals surface area contributed by atoms with E-state index in [2.05, 4.69) is 20.8 Å². The van der Waals surface area contributed by atoms with Gasteiger partial charge in [0.15, 0.2) is 6.10 Å². The lowest BCUT2D eigenvalue weighted by molar-refractivity contribution is -0.152. The number of carbonyl (C=O) groups is 1. The zero-order valence-corrected chi connectivity index (χ0v) is 11.1. The number of hydrogen-bond donors (Lipinski definition) is 0. The summed E-state index contributed by atoms with van der Waals surface area (Å²) >= 11 is 0. The molecule has 1 aromatic rings. The summed E-state index contributed by atoms with van der Waals surface area (Å²) in [5, 5.41) is 0. The maximum absolute atomic E-state index is 11.5. The molecule has 3 nitrogen and oxygen atoms in total. The van der Waals surface area contributed by atoms with Crippen molar-refractivity contribution >= 4 is 5.97 Å². The molecule has 0 spiro atoms. The van der Waals surface area contributed by atoms with Crippen LogP contribution in [0, 0.1) is 0 Å². The van der Waals surface area contributed by atoms with Gasteiger partial charge >= 0.3 is 5.97 Å². The minimum Gasteiger partial charge on any atom is -0.467 e. The highest BCUT2D eigenvalue weighted by molar-refractivity contribution is 5.76. The summed E-state index contributed by atoms with van der Waals surface area (Å²) in [6.07, 6.45) is -0.644. The van der Waals surface area contributed by atoms with Crippen LogP contribution in [0.3, 0.4) is 0 Å². The van der Waals surface area contributed by atoms with Gasteiger partial charge in [0.1, 0.15) is 0 Å². The van der Waals surface area contributed by atoms with Crippen LogP contribution in [0.4, 0.5) is 0 Å². The summed E-state index contributed by atoms with van der Waals surface area (Å²) in [6.45, 7) is 6.45. The molecule has 1 atom stereocenters. The van der Waals surface area contributed by atoms with Crippen LogP contribution in [0.1, 0.15) is 38.0 Å². The maximum atomic E-state index is 11.5. The van der Waals surface area contributed by atoms with E-state index in [1.165, 1.54) is 19.8 Å². The quantitative estimate of drug-likeness (QED) is 0.757. The van der Waals surface area contributed by atoms with Gasteiger partial charge in [0.2, 0.25) is 0 Å². The first-order chi connectivity index (χ1) is 7.90. The van der Waals surface area contributed by atoms with Gasteiger partial charge in [0, 0.05) is 7.11 Å². The van der Waals surface area contributed by atoms with Crippen LogP contribution in [0.25, 0.3) is 0 Å². The molecule has 0 amide bonds.